The van der Waals surface area contributed by atoms with Crippen LogP contribution in [0, 0.1) is 0 Å². The average molecular weight is 392 g/mol. The van der Waals surface area contributed by atoms with Crippen molar-refractivity contribution < 1.29 is 36.6 Å². The number of aromatic amines is 1. The van der Waals surface area contributed by atoms with Crippen molar-refractivity contribution in [3.8, 4) is 0 Å². The van der Waals surface area contributed by atoms with E-state index in [4.69, 9.17) is 11.5 Å². The molecule has 5 N–H and O–H groups in total. The molecule has 25 heavy (non-hydrogen) atoms. The second kappa shape index (κ2) is 12.4. The molecule has 11 heteroatoms. The van der Waals surface area contributed by atoms with Gasteiger partial charge in [0.1, 0.15) is 0 Å². The third-order valence-electron chi connectivity index (χ3n) is 3.26. The van der Waals surface area contributed by atoms with Crippen molar-refractivity contribution in [2.45, 2.75) is 37.8 Å². The monoisotopic (exact) mass is 392 g/mol. The number of carbonyl (C=O) groups excluding carboxylic acids is 3. The first-order chi connectivity index (χ1) is 11.5. The van der Waals surface area contributed by atoms with E-state index in [9.17, 15) is 19.5 Å². The number of nitrogens with two attached hydrogens (primary N) is 1. The minimum Gasteiger partial charge on any atom is -0.673 e. The van der Waals surface area contributed by atoms with Crippen molar-refractivity contribution in [1.82, 2.24) is 15.3 Å². The van der Waals surface area contributed by atoms with Crippen LogP contribution in [0.25, 0.3) is 11.1 Å². The summed E-state index contributed by atoms with van der Waals surface area (Å²) in [5.41, 5.74) is 12.8. The number of imidazole rings is 1. The molecule has 1 heterocycles. The van der Waals surface area contributed by atoms with Gasteiger partial charge < -0.3 is 41.8 Å². The van der Waals surface area contributed by atoms with Crippen LogP contribution >= 0.6 is 0 Å². The van der Waals surface area contributed by atoms with Crippen LogP contribution in [0.5, 0.6) is 0 Å². The fourth-order valence-corrected chi connectivity index (χ4v) is 2.03. The summed E-state index contributed by atoms with van der Waals surface area (Å²) in [6, 6.07) is -2.34. The van der Waals surface area contributed by atoms with Gasteiger partial charge in [0.25, 0.3) is 0 Å². The number of rotatable bonds is 11. The molecule has 0 unspecified atom stereocenters. The Morgan fingerprint density at radius 1 is 1.40 bits per heavy atom. The van der Waals surface area contributed by atoms with E-state index in [0.717, 1.165) is 0 Å². The summed E-state index contributed by atoms with van der Waals surface area (Å²) in [5.74, 6) is -2.90. The Morgan fingerprint density at radius 2 is 2.12 bits per heavy atom. The van der Waals surface area contributed by atoms with Crippen molar-refractivity contribution in [3.05, 3.63) is 29.3 Å². The molecule has 0 aliphatic rings. The number of carboxylic acid groups (broad SMARTS) is 1. The number of nitrogens with one attached hydrogen (secondary N) is 3. The normalized spacial score (nSPS) is 12.6. The number of aliphatic carboxylic acids is 1. The molecule has 0 saturated heterocycles. The fraction of sp³-hybridized carbons (Fsp3) is 0.571. The van der Waals surface area contributed by atoms with Crippen LogP contribution in [0.2, 0.25) is 0 Å². The Labute approximate surface area is 156 Å². The van der Waals surface area contributed by atoms with Gasteiger partial charge in [0.2, 0.25) is 5.91 Å². The molecule has 0 spiro atoms. The van der Waals surface area contributed by atoms with Crippen molar-refractivity contribution in [1.29, 1.82) is 0 Å². The third-order valence-corrected chi connectivity index (χ3v) is 3.26. The molecule has 0 saturated carbocycles. The predicted molar refractivity (Wildman–Crippen MR) is 83.5 cm³/mol. The molecule has 1 aromatic rings. The van der Waals surface area contributed by atoms with Gasteiger partial charge in [0.15, 0.2) is 0 Å². The Kier molecular flexibility index (Phi) is 11.5. The van der Waals surface area contributed by atoms with Crippen LogP contribution < -0.4 is 16.2 Å². The zero-order chi connectivity index (χ0) is 17.9. The van der Waals surface area contributed by atoms with Crippen LogP contribution in [0.1, 0.15) is 25.0 Å². The Morgan fingerprint density at radius 3 is 2.64 bits per heavy atom. The Balaban J connectivity index is 0.00000576. The molecule has 1 aromatic heterocycles. The van der Waals surface area contributed by atoms with Gasteiger partial charge in [-0.25, -0.2) is 4.98 Å². The molecule has 0 fully saturated rings. The van der Waals surface area contributed by atoms with Crippen LogP contribution in [-0.2, 0) is 37.9 Å². The molecule has 2 amide bonds. The topological polar surface area (TPSA) is 179 Å². The molecule has 10 nitrogen and oxygen atoms in total. The second-order valence-electron chi connectivity index (χ2n) is 5.14. The van der Waals surface area contributed by atoms with Gasteiger partial charge >= 0.3 is 17.1 Å². The van der Waals surface area contributed by atoms with E-state index in [0.29, 0.717) is 25.1 Å². The number of carbonyl (C=O) groups is 3. The van der Waals surface area contributed by atoms with Crippen LogP contribution in [0.15, 0.2) is 12.5 Å². The van der Waals surface area contributed by atoms with Crippen molar-refractivity contribution in [3.63, 3.8) is 0 Å². The largest absolute Gasteiger partial charge is 3.00 e. The van der Waals surface area contributed by atoms with E-state index in [-0.39, 0.29) is 29.9 Å². The van der Waals surface area contributed by atoms with Gasteiger partial charge in [-0.2, -0.15) is 0 Å². The molecule has 0 bridgehead atoms. The molecule has 2 atom stereocenters. The number of amides is 2. The predicted octanol–water partition coefficient (Wildman–Crippen LogP) is -1.37. The number of hydrogen-bond acceptors (Lipinski definition) is 6. The molecular formula is C14H21MnN6O4. The summed E-state index contributed by atoms with van der Waals surface area (Å²) >= 11 is 0. The van der Waals surface area contributed by atoms with Gasteiger partial charge in [0, 0.05) is 12.1 Å². The van der Waals surface area contributed by atoms with Crippen LogP contribution in [0.3, 0.4) is 0 Å². The van der Waals surface area contributed by atoms with Crippen molar-refractivity contribution >= 4 is 17.8 Å². The molecule has 0 aliphatic heterocycles. The molecule has 1 rings (SSSR count). The van der Waals surface area contributed by atoms with Crippen LogP contribution in [0.4, 0.5) is 0 Å². The van der Waals surface area contributed by atoms with E-state index in [1.807, 2.05) is 0 Å². The minimum atomic E-state index is -1.41. The third kappa shape index (κ3) is 8.64. The fourth-order valence-electron chi connectivity index (χ4n) is 2.03. The summed E-state index contributed by atoms with van der Waals surface area (Å²) in [4.78, 5) is 41.5. The SMILES string of the molecule is [Mn+3].[NH-]CC(=O)[N-][C@@H](Cc1c[nH]cn1)C(=O)N[C@@H](CCCCN)C(=O)[O-]. The maximum absolute atomic E-state index is 12.3. The number of unbranched alkanes of at least 4 members (excludes halogenated alkanes) is 1. The van der Waals surface area contributed by atoms with Gasteiger partial charge in [-0.3, -0.25) is 4.79 Å². The summed E-state index contributed by atoms with van der Waals surface area (Å²) in [7, 11) is 0. The summed E-state index contributed by atoms with van der Waals surface area (Å²) < 4.78 is 0. The first kappa shape index (κ1) is 23.1. The number of hydrogen-bond donors (Lipinski definition) is 3. The number of aromatic nitrogens is 2. The van der Waals surface area contributed by atoms with Gasteiger partial charge in [-0.1, -0.05) is 0 Å². The molecular weight excluding hydrogens is 371 g/mol. The standard InChI is InChI=1S/C14H23N6O4.Mn/c15-4-2-1-3-10(14(23)24)20-13(22)11(19-12(21)6-16)5-9-7-17-8-18-9;/h7-8,10-11,16H,1-6,15H2,(H4,17,18,19,20,21,22,23,24);/q-1;+3/p-2/t10-,11-;/m0./s1. The van der Waals surface area contributed by atoms with Gasteiger partial charge in [-0.15, -0.1) is 6.54 Å². The van der Waals surface area contributed by atoms with Crippen LogP contribution in [-0.4, -0.2) is 52.9 Å². The molecule has 0 radical (unpaired) electrons. The quantitative estimate of drug-likeness (QED) is 0.309. The summed E-state index contributed by atoms with van der Waals surface area (Å²) in [6.45, 7) is -0.173. The van der Waals surface area contributed by atoms with Crippen molar-refractivity contribution in [2.75, 3.05) is 13.1 Å². The molecule has 0 aliphatic carbocycles. The maximum atomic E-state index is 12.3. The molecule has 138 valence electrons. The van der Waals surface area contributed by atoms with Crippen molar-refractivity contribution in [2.24, 2.45) is 5.73 Å². The van der Waals surface area contributed by atoms with Gasteiger partial charge in [-0.05, 0) is 38.3 Å². The zero-order valence-electron chi connectivity index (χ0n) is 13.5. The second-order valence-corrected chi connectivity index (χ2v) is 5.14. The van der Waals surface area contributed by atoms with E-state index in [1.165, 1.54) is 6.33 Å². The first-order valence-corrected chi connectivity index (χ1v) is 7.55. The van der Waals surface area contributed by atoms with E-state index in [2.05, 4.69) is 20.6 Å². The maximum Gasteiger partial charge on any atom is 3.00 e. The summed E-state index contributed by atoms with van der Waals surface area (Å²) in [6.07, 6.45) is 4.28. The number of H-pyrrole nitrogens is 1. The van der Waals surface area contributed by atoms with E-state index in [1.54, 1.807) is 6.20 Å². The van der Waals surface area contributed by atoms with E-state index < -0.39 is 36.4 Å². The number of nitrogens with zero attached hydrogens (tertiary/aromatic N) is 2. The zero-order valence-corrected chi connectivity index (χ0v) is 14.7. The smallest absolute Gasteiger partial charge is 0.673 e. The first-order valence-electron chi connectivity index (χ1n) is 7.55. The average Bonchev–Trinajstić information content (AvgIpc) is 3.06. The summed E-state index contributed by atoms with van der Waals surface area (Å²) in [5, 5.41) is 17.1. The van der Waals surface area contributed by atoms with E-state index >= 15 is 0 Å². The minimum absolute atomic E-state index is 0. The molecule has 0 aromatic carbocycles. The Hall–Kier alpha value is -1.94. The number of carboxylic acids is 1. The van der Waals surface area contributed by atoms with Gasteiger partial charge in [0.05, 0.1) is 24.0 Å². The Bertz CT molecular complexity index is 539.